The maximum Gasteiger partial charge on any atom is 0.330 e. The second-order valence-corrected chi connectivity index (χ2v) is 21.3. The van der Waals surface area contributed by atoms with E-state index in [1.165, 1.54) is 32.9 Å². The fourth-order valence-electron chi connectivity index (χ4n) is 10.2. The minimum Gasteiger partial charge on any atom is -0.507 e. The molecular formula is C60H55BN4O. The summed E-state index contributed by atoms with van der Waals surface area (Å²) in [6, 6.07) is 59.0. The first-order valence-electron chi connectivity index (χ1n) is 23.3. The van der Waals surface area contributed by atoms with Crippen LogP contribution >= 0.6 is 0 Å². The topological polar surface area (TPSA) is 55.9 Å². The molecule has 1 aliphatic rings. The zero-order valence-corrected chi connectivity index (χ0v) is 39.4. The van der Waals surface area contributed by atoms with Crippen LogP contribution in [0.1, 0.15) is 79.0 Å². The van der Waals surface area contributed by atoms with E-state index in [1.54, 1.807) is 0 Å². The second kappa shape index (κ2) is 14.9. The summed E-state index contributed by atoms with van der Waals surface area (Å²) >= 11 is 0. The number of phenols is 1. The van der Waals surface area contributed by atoms with Crippen LogP contribution in [0.25, 0.3) is 83.6 Å². The number of aromatic nitrogens is 4. The number of aromatic hydroxyl groups is 1. The molecule has 0 amide bonds. The van der Waals surface area contributed by atoms with Crippen molar-refractivity contribution >= 4 is 50.6 Å². The Labute approximate surface area is 388 Å². The third kappa shape index (κ3) is 6.68. The van der Waals surface area contributed by atoms with E-state index in [-0.39, 0.29) is 28.8 Å². The van der Waals surface area contributed by atoms with Gasteiger partial charge in [0.2, 0.25) is 0 Å². The molecule has 10 aromatic rings. The lowest BCUT2D eigenvalue weighted by Crippen LogP contribution is -2.48. The van der Waals surface area contributed by atoms with Crippen molar-refractivity contribution in [1.29, 1.82) is 0 Å². The molecular weight excluding hydrogens is 803 g/mol. The third-order valence-electron chi connectivity index (χ3n) is 13.7. The number of para-hydroxylation sites is 2. The fourth-order valence-corrected chi connectivity index (χ4v) is 10.2. The molecule has 11 rings (SSSR count). The number of imidazole rings is 1. The molecule has 0 unspecified atom stereocenters. The summed E-state index contributed by atoms with van der Waals surface area (Å²) in [7, 11) is 0. The molecule has 4 heterocycles. The van der Waals surface area contributed by atoms with Crippen LogP contribution in [-0.4, -0.2) is 31.0 Å². The van der Waals surface area contributed by atoms with E-state index in [0.717, 1.165) is 66.9 Å². The lowest BCUT2D eigenvalue weighted by molar-refractivity contribution is 0.446. The lowest BCUT2D eigenvalue weighted by Gasteiger charge is -2.27. The normalized spacial score (nSPS) is 13.0. The Kier molecular flexibility index (Phi) is 9.39. The summed E-state index contributed by atoms with van der Waals surface area (Å²) < 4.78 is 4.91. The molecule has 0 atom stereocenters. The monoisotopic (exact) mass is 858 g/mol. The van der Waals surface area contributed by atoms with Crippen LogP contribution in [0.5, 0.6) is 5.75 Å². The van der Waals surface area contributed by atoms with Crippen molar-refractivity contribution in [1.82, 2.24) is 19.0 Å². The predicted octanol–water partition coefficient (Wildman–Crippen LogP) is 13.8. The van der Waals surface area contributed by atoms with Crippen molar-refractivity contribution in [3.8, 4) is 56.5 Å². The van der Waals surface area contributed by atoms with Crippen LogP contribution in [0, 0.1) is 0 Å². The Morgan fingerprint density at radius 3 is 1.83 bits per heavy atom. The predicted molar refractivity (Wildman–Crippen MR) is 278 cm³/mol. The molecule has 1 N–H and O–H groups in total. The average Bonchev–Trinajstić information content (AvgIpc) is 3.82. The summed E-state index contributed by atoms with van der Waals surface area (Å²) in [5.74, 6) is 0.962. The van der Waals surface area contributed by atoms with Gasteiger partial charge in [-0.3, -0.25) is 4.57 Å². The van der Waals surface area contributed by atoms with Crippen molar-refractivity contribution in [3.63, 3.8) is 0 Å². The Hall–Kier alpha value is -7.18. The van der Waals surface area contributed by atoms with Gasteiger partial charge in [-0.1, -0.05) is 195 Å². The van der Waals surface area contributed by atoms with Gasteiger partial charge in [-0.15, -0.1) is 0 Å². The quantitative estimate of drug-likeness (QED) is 0.175. The molecule has 7 aromatic carbocycles. The number of hydrogen-bond acceptors (Lipinski definition) is 3. The third-order valence-corrected chi connectivity index (χ3v) is 13.7. The smallest absolute Gasteiger partial charge is 0.330 e. The molecule has 5 nitrogen and oxygen atoms in total. The van der Waals surface area contributed by atoms with E-state index in [9.17, 15) is 5.11 Å². The molecule has 6 heteroatoms. The van der Waals surface area contributed by atoms with Gasteiger partial charge in [0.25, 0.3) is 0 Å². The van der Waals surface area contributed by atoms with Crippen LogP contribution in [0.15, 0.2) is 164 Å². The van der Waals surface area contributed by atoms with E-state index in [4.69, 9.17) is 9.97 Å². The van der Waals surface area contributed by atoms with Gasteiger partial charge in [-0.25, -0.2) is 9.97 Å². The molecule has 324 valence electrons. The highest BCUT2D eigenvalue weighted by Gasteiger charge is 2.37. The van der Waals surface area contributed by atoms with Gasteiger partial charge in [0, 0.05) is 33.0 Å². The summed E-state index contributed by atoms with van der Waals surface area (Å²) in [4.78, 5) is 11.4. The van der Waals surface area contributed by atoms with Crippen LogP contribution < -0.4 is 10.9 Å². The summed E-state index contributed by atoms with van der Waals surface area (Å²) in [6.45, 7) is 19.9. The number of benzene rings is 7. The van der Waals surface area contributed by atoms with Gasteiger partial charge in [-0.2, -0.15) is 0 Å². The Morgan fingerprint density at radius 2 is 1.11 bits per heavy atom. The summed E-state index contributed by atoms with van der Waals surface area (Å²) in [5, 5.41) is 15.1. The zero-order chi connectivity index (χ0) is 45.9. The molecule has 0 spiro atoms. The molecule has 3 aromatic heterocycles. The number of rotatable bonds is 5. The van der Waals surface area contributed by atoms with Gasteiger partial charge in [0.15, 0.2) is 0 Å². The maximum atomic E-state index is 12.7. The van der Waals surface area contributed by atoms with E-state index in [0.29, 0.717) is 11.4 Å². The van der Waals surface area contributed by atoms with Crippen LogP contribution in [0.4, 0.5) is 0 Å². The maximum absolute atomic E-state index is 12.7. The van der Waals surface area contributed by atoms with Crippen molar-refractivity contribution in [2.75, 3.05) is 0 Å². The summed E-state index contributed by atoms with van der Waals surface area (Å²) in [6.07, 6.45) is 0. The SMILES string of the molecule is CC(C)(C)c1cc(-c2cccc(-c3ccccc3)c2)nc(-c2ccc3c4c2nc(-c2cc(C(C)(C)C)cc(C(C)(C)C)c2O)n4-c2cccc4c5ccccc5n(c24)B3c2ccccc2)c1. The molecule has 0 bridgehead atoms. The molecule has 0 radical (unpaired) electrons. The molecule has 1 aliphatic heterocycles. The van der Waals surface area contributed by atoms with Gasteiger partial charge in [0.1, 0.15) is 11.6 Å². The van der Waals surface area contributed by atoms with Crippen LogP contribution in [-0.2, 0) is 16.2 Å². The number of hydrogen-bond donors (Lipinski definition) is 1. The first-order valence-corrected chi connectivity index (χ1v) is 23.3. The van der Waals surface area contributed by atoms with Gasteiger partial charge >= 0.3 is 6.85 Å². The van der Waals surface area contributed by atoms with E-state index >= 15 is 0 Å². The van der Waals surface area contributed by atoms with E-state index in [1.807, 2.05) is 0 Å². The highest BCUT2D eigenvalue weighted by molar-refractivity contribution is 6.87. The zero-order valence-electron chi connectivity index (χ0n) is 39.4. The minimum absolute atomic E-state index is 0.169. The standard InChI is InChI=1S/C60H55BN4O/c1-58(2,3)40-33-46(56(66)47(34-40)60(7,8)9)57-63-53-45(50-36-41(59(4,5)6)35-49(62-50)39-23-18-22-38(32-39)37-20-12-10-13-21-37)30-31-48-55(53)64(57)52-29-19-27-44-43-26-16-17-28-51(43)65(54(44)52)61(48)42-24-14-11-15-25-42/h10-36,66H,1-9H3. The average molecular weight is 859 g/mol. The van der Waals surface area contributed by atoms with Crippen molar-refractivity contribution in [3.05, 3.63) is 180 Å². The van der Waals surface area contributed by atoms with Gasteiger partial charge < -0.3 is 9.58 Å². The Bertz CT molecular complexity index is 3540. The fraction of sp³-hybridized carbons (Fsp3) is 0.200. The molecule has 0 fully saturated rings. The first-order chi connectivity index (χ1) is 31.6. The van der Waals surface area contributed by atoms with Crippen molar-refractivity contribution in [2.45, 2.75) is 78.6 Å². The molecule has 0 saturated carbocycles. The highest BCUT2D eigenvalue weighted by Crippen LogP contribution is 2.46. The number of nitrogens with zero attached hydrogens (tertiary/aromatic N) is 4. The van der Waals surface area contributed by atoms with E-state index < -0.39 is 0 Å². The van der Waals surface area contributed by atoms with Gasteiger partial charge in [0.05, 0.1) is 39.2 Å². The Morgan fingerprint density at radius 1 is 0.485 bits per heavy atom. The number of fused-ring (bicyclic) bond motifs is 4. The van der Waals surface area contributed by atoms with Crippen LogP contribution in [0.2, 0.25) is 0 Å². The number of pyridine rings is 1. The van der Waals surface area contributed by atoms with Crippen LogP contribution in [0.3, 0.4) is 0 Å². The highest BCUT2D eigenvalue weighted by atomic mass is 16.3. The summed E-state index contributed by atoms with van der Waals surface area (Å²) in [5.41, 5.74) is 16.8. The van der Waals surface area contributed by atoms with Gasteiger partial charge in [-0.05, 0) is 80.4 Å². The second-order valence-electron chi connectivity index (χ2n) is 21.3. The lowest BCUT2D eigenvalue weighted by atomic mass is 9.50. The minimum atomic E-state index is -0.336. The van der Waals surface area contributed by atoms with Crippen molar-refractivity contribution in [2.24, 2.45) is 0 Å². The Balaban J connectivity index is 1.29. The molecule has 0 saturated heterocycles. The molecule has 0 aliphatic carbocycles. The molecule has 66 heavy (non-hydrogen) atoms. The first kappa shape index (κ1) is 41.5. The van der Waals surface area contributed by atoms with Crippen molar-refractivity contribution < 1.29 is 5.11 Å². The number of phenolic OH excluding ortho intramolecular Hbond substituents is 1. The van der Waals surface area contributed by atoms with E-state index in [2.05, 4.69) is 235 Å². The largest absolute Gasteiger partial charge is 0.507 e.